The van der Waals surface area contributed by atoms with Gasteiger partial charge in [0.2, 0.25) is 0 Å². The first-order valence-electron chi connectivity index (χ1n) is 6.08. The topological polar surface area (TPSA) is 63.3 Å². The van der Waals surface area contributed by atoms with E-state index in [0.717, 1.165) is 25.7 Å². The second kappa shape index (κ2) is 7.17. The van der Waals surface area contributed by atoms with Crippen LogP contribution in [0.15, 0.2) is 0 Å². The van der Waals surface area contributed by atoms with Crippen molar-refractivity contribution in [3.63, 3.8) is 0 Å². The van der Waals surface area contributed by atoms with Crippen molar-refractivity contribution >= 4 is 18.6 Å². The Hall–Kier alpha value is -0.220. The summed E-state index contributed by atoms with van der Waals surface area (Å²) in [5.74, 6) is -0.550. The zero-order valence-corrected chi connectivity index (χ0v) is 11.5. The van der Waals surface area contributed by atoms with Crippen LogP contribution in [0.1, 0.15) is 52.9 Å². The summed E-state index contributed by atoms with van der Waals surface area (Å²) in [5, 5.41) is 8.87. The minimum Gasteiger partial charge on any atom is -0.480 e. The van der Waals surface area contributed by atoms with E-state index in [0.29, 0.717) is 12.3 Å². The lowest BCUT2D eigenvalue weighted by molar-refractivity contribution is -0.138. The minimum atomic E-state index is -0.932. The Kier molecular flexibility index (Phi) is 7.07. The van der Waals surface area contributed by atoms with E-state index in [1.54, 1.807) is 0 Å². The molecule has 0 saturated heterocycles. The largest absolute Gasteiger partial charge is 0.480 e. The van der Waals surface area contributed by atoms with Crippen molar-refractivity contribution in [3.05, 3.63) is 0 Å². The van der Waals surface area contributed by atoms with E-state index in [4.69, 9.17) is 23.5 Å². The van der Waals surface area contributed by atoms with Crippen molar-refractivity contribution < 1.29 is 9.90 Å². The van der Waals surface area contributed by atoms with Gasteiger partial charge in [0.05, 0.1) is 0 Å². The number of hydrogen-bond donors (Lipinski definition) is 3. The zero-order chi connectivity index (χ0) is 12.8. The summed E-state index contributed by atoms with van der Waals surface area (Å²) in [4.78, 5) is 10.8. The Morgan fingerprint density at radius 2 is 2.06 bits per heavy atom. The predicted octanol–water partition coefficient (Wildman–Crippen LogP) is 2.69. The molecule has 4 heteroatoms. The molecule has 0 aliphatic heterocycles. The lowest BCUT2D eigenvalue weighted by Crippen LogP contribution is -2.41. The van der Waals surface area contributed by atoms with Crippen molar-refractivity contribution in [1.82, 2.24) is 0 Å². The van der Waals surface area contributed by atoms with Crippen LogP contribution in [-0.2, 0) is 4.79 Å². The van der Waals surface area contributed by atoms with E-state index >= 15 is 0 Å². The van der Waals surface area contributed by atoms with Crippen LogP contribution in [0, 0.1) is 5.92 Å². The van der Waals surface area contributed by atoms with Gasteiger partial charge in [0.25, 0.3) is 0 Å². The van der Waals surface area contributed by atoms with Gasteiger partial charge >= 0.3 is 5.97 Å². The molecule has 3 atom stereocenters. The normalized spacial score (nSPS) is 18.8. The van der Waals surface area contributed by atoms with Crippen LogP contribution in [-0.4, -0.2) is 21.9 Å². The summed E-state index contributed by atoms with van der Waals surface area (Å²) in [6.07, 6.45) is 4.55. The molecule has 3 unspecified atom stereocenters. The lowest BCUT2D eigenvalue weighted by atomic mass is 9.81. The summed E-state index contributed by atoms with van der Waals surface area (Å²) < 4.78 is -0.247. The van der Waals surface area contributed by atoms with Crippen LogP contribution in [0.3, 0.4) is 0 Å². The molecule has 0 fully saturated rings. The molecule has 3 nitrogen and oxygen atoms in total. The highest BCUT2D eigenvalue weighted by Crippen LogP contribution is 2.36. The molecule has 0 aliphatic rings. The maximum absolute atomic E-state index is 10.8. The molecule has 0 aromatic carbocycles. The fourth-order valence-electron chi connectivity index (χ4n) is 1.88. The first kappa shape index (κ1) is 15.8. The number of carboxylic acid groups (broad SMARTS) is 1. The Bertz CT molecular complexity index is 223. The molecule has 0 spiro atoms. The molecule has 0 amide bonds. The van der Waals surface area contributed by atoms with E-state index in [1.165, 1.54) is 0 Å². The molecule has 0 aromatic rings. The molecule has 3 N–H and O–H groups in total. The van der Waals surface area contributed by atoms with Crippen molar-refractivity contribution in [3.8, 4) is 0 Å². The highest BCUT2D eigenvalue weighted by Gasteiger charge is 2.34. The predicted molar refractivity (Wildman–Crippen MR) is 70.9 cm³/mol. The fraction of sp³-hybridized carbons (Fsp3) is 0.917. The molecule has 0 heterocycles. The minimum absolute atomic E-state index is 0.247. The molecule has 0 rings (SSSR count). The highest BCUT2D eigenvalue weighted by molar-refractivity contribution is 7.81. The Morgan fingerprint density at radius 1 is 1.50 bits per heavy atom. The quantitative estimate of drug-likeness (QED) is 0.578. The lowest BCUT2D eigenvalue weighted by Gasteiger charge is -2.35. The van der Waals surface area contributed by atoms with E-state index in [-0.39, 0.29) is 4.75 Å². The van der Waals surface area contributed by atoms with Gasteiger partial charge in [0, 0.05) is 4.75 Å². The number of rotatable bonds is 8. The van der Waals surface area contributed by atoms with Crippen molar-refractivity contribution in [2.75, 3.05) is 0 Å². The molecule has 0 saturated carbocycles. The molecule has 0 aromatic heterocycles. The Labute approximate surface area is 104 Å². The van der Waals surface area contributed by atoms with E-state index in [9.17, 15) is 4.79 Å². The summed E-state index contributed by atoms with van der Waals surface area (Å²) in [5.41, 5.74) is 5.62. The number of carbonyl (C=O) groups is 1. The summed E-state index contributed by atoms with van der Waals surface area (Å²) >= 11 is 4.72. The number of aliphatic carboxylic acids is 1. The van der Waals surface area contributed by atoms with Crippen molar-refractivity contribution in [2.45, 2.75) is 63.7 Å². The van der Waals surface area contributed by atoms with Crippen LogP contribution in [0.25, 0.3) is 0 Å². The monoisotopic (exact) mass is 247 g/mol. The smallest absolute Gasteiger partial charge is 0.320 e. The molecule has 16 heavy (non-hydrogen) atoms. The SMILES string of the molecule is CCCCC(S)(CC(N)C(=O)O)C(C)CC. The number of unbranched alkanes of at least 4 members (excludes halogenated alkanes) is 1. The average molecular weight is 247 g/mol. The number of nitrogens with two attached hydrogens (primary N) is 1. The number of hydrogen-bond acceptors (Lipinski definition) is 3. The average Bonchev–Trinajstić information content (AvgIpc) is 2.24. The van der Waals surface area contributed by atoms with Gasteiger partial charge in [-0.2, -0.15) is 12.6 Å². The van der Waals surface area contributed by atoms with Crippen LogP contribution in [0.4, 0.5) is 0 Å². The van der Waals surface area contributed by atoms with E-state index in [2.05, 4.69) is 20.8 Å². The van der Waals surface area contributed by atoms with Crippen LogP contribution < -0.4 is 5.73 Å². The van der Waals surface area contributed by atoms with Gasteiger partial charge in [-0.15, -0.1) is 0 Å². The Balaban J connectivity index is 4.58. The van der Waals surface area contributed by atoms with E-state index < -0.39 is 12.0 Å². The Morgan fingerprint density at radius 3 is 2.44 bits per heavy atom. The maximum atomic E-state index is 10.8. The molecular weight excluding hydrogens is 222 g/mol. The molecule has 0 bridgehead atoms. The van der Waals surface area contributed by atoms with Crippen molar-refractivity contribution in [2.24, 2.45) is 11.7 Å². The molecule has 0 aliphatic carbocycles. The molecular formula is C12H25NO2S. The van der Waals surface area contributed by atoms with Gasteiger partial charge in [-0.25, -0.2) is 0 Å². The first-order valence-corrected chi connectivity index (χ1v) is 6.52. The van der Waals surface area contributed by atoms with Gasteiger partial charge in [0.15, 0.2) is 0 Å². The molecule has 0 radical (unpaired) electrons. The summed E-state index contributed by atoms with van der Waals surface area (Å²) in [6, 6.07) is -0.802. The third-order valence-electron chi connectivity index (χ3n) is 3.38. The first-order chi connectivity index (χ1) is 7.37. The summed E-state index contributed by atoms with van der Waals surface area (Å²) in [7, 11) is 0. The third kappa shape index (κ3) is 4.74. The van der Waals surface area contributed by atoms with Crippen molar-refractivity contribution in [1.29, 1.82) is 0 Å². The highest BCUT2D eigenvalue weighted by atomic mass is 32.1. The van der Waals surface area contributed by atoms with Gasteiger partial charge in [-0.05, 0) is 18.8 Å². The van der Waals surface area contributed by atoms with Crippen LogP contribution >= 0.6 is 12.6 Å². The fourth-order valence-corrected chi connectivity index (χ4v) is 2.42. The third-order valence-corrected chi connectivity index (χ3v) is 4.23. The zero-order valence-electron chi connectivity index (χ0n) is 10.6. The number of thiol groups is 1. The number of carboxylic acids is 1. The van der Waals surface area contributed by atoms with Crippen LogP contribution in [0.2, 0.25) is 0 Å². The second-order valence-corrected chi connectivity index (χ2v) is 5.56. The maximum Gasteiger partial charge on any atom is 0.320 e. The van der Waals surface area contributed by atoms with Gasteiger partial charge in [-0.1, -0.05) is 40.0 Å². The van der Waals surface area contributed by atoms with E-state index in [1.807, 2.05) is 0 Å². The van der Waals surface area contributed by atoms with Gasteiger partial charge < -0.3 is 10.8 Å². The second-order valence-electron chi connectivity index (χ2n) is 4.67. The van der Waals surface area contributed by atoms with Gasteiger partial charge in [0.1, 0.15) is 6.04 Å². The van der Waals surface area contributed by atoms with Gasteiger partial charge in [-0.3, -0.25) is 4.79 Å². The van der Waals surface area contributed by atoms with Crippen LogP contribution in [0.5, 0.6) is 0 Å². The molecule has 96 valence electrons. The summed E-state index contributed by atoms with van der Waals surface area (Å²) in [6.45, 7) is 6.35. The standard InChI is InChI=1S/C12H25NO2S/c1-4-6-7-12(16,9(3)5-2)8-10(13)11(14)15/h9-10,16H,4-8,13H2,1-3H3,(H,14,15).